The third-order valence-corrected chi connectivity index (χ3v) is 5.38. The second-order valence-corrected chi connectivity index (χ2v) is 8.11. The van der Waals surface area contributed by atoms with Crippen LogP contribution in [0.15, 0.2) is 47.7 Å². The summed E-state index contributed by atoms with van der Waals surface area (Å²) in [5.41, 5.74) is 2.53. The quantitative estimate of drug-likeness (QED) is 0.260. The first-order chi connectivity index (χ1) is 14.4. The second kappa shape index (κ2) is 14.4. The number of aryl methyl sites for hydroxylation is 1. The molecule has 0 amide bonds. The molecule has 0 aliphatic heterocycles. The molecule has 0 radical (unpaired) electrons. The minimum absolute atomic E-state index is 0. The zero-order valence-electron chi connectivity index (χ0n) is 19.9. The van der Waals surface area contributed by atoms with Crippen LogP contribution >= 0.6 is 24.0 Å². The van der Waals surface area contributed by atoms with E-state index in [0.29, 0.717) is 12.6 Å². The van der Waals surface area contributed by atoms with Gasteiger partial charge in [-0.2, -0.15) is 5.10 Å². The number of halogens is 1. The van der Waals surface area contributed by atoms with Crippen molar-refractivity contribution in [2.24, 2.45) is 12.0 Å². The van der Waals surface area contributed by atoms with Gasteiger partial charge in [-0.15, -0.1) is 24.0 Å². The Hall–Kier alpha value is -1.65. The lowest BCUT2D eigenvalue weighted by Crippen LogP contribution is -2.40. The van der Waals surface area contributed by atoms with E-state index in [4.69, 9.17) is 4.99 Å². The van der Waals surface area contributed by atoms with Crippen LogP contribution in [0.4, 0.5) is 0 Å². The number of likely N-dealkylation sites (N-methyl/N-ethyl adjacent to an activating group) is 1. The number of rotatable bonds is 11. The van der Waals surface area contributed by atoms with Crippen molar-refractivity contribution in [2.75, 3.05) is 40.8 Å². The lowest BCUT2D eigenvalue weighted by molar-refractivity contribution is 0.238. The minimum Gasteiger partial charge on any atom is -0.357 e. The lowest BCUT2D eigenvalue weighted by Gasteiger charge is -2.25. The van der Waals surface area contributed by atoms with Gasteiger partial charge in [0.2, 0.25) is 0 Å². The second-order valence-electron chi connectivity index (χ2n) is 8.11. The van der Waals surface area contributed by atoms with Crippen molar-refractivity contribution in [1.82, 2.24) is 30.2 Å². The van der Waals surface area contributed by atoms with Crippen LogP contribution in [-0.2, 0) is 13.6 Å². The lowest BCUT2D eigenvalue weighted by atomic mass is 10.1. The molecular weight excluding hydrogens is 501 g/mol. The molecule has 31 heavy (non-hydrogen) atoms. The Balaban J connectivity index is 0.00000480. The van der Waals surface area contributed by atoms with Gasteiger partial charge in [0.25, 0.3) is 0 Å². The fourth-order valence-electron chi connectivity index (χ4n) is 3.35. The van der Waals surface area contributed by atoms with Crippen LogP contribution in [-0.4, -0.2) is 72.4 Å². The van der Waals surface area contributed by atoms with Crippen LogP contribution in [0, 0.1) is 0 Å². The molecule has 0 aliphatic carbocycles. The summed E-state index contributed by atoms with van der Waals surface area (Å²) >= 11 is 0. The highest BCUT2D eigenvalue weighted by Gasteiger charge is 2.16. The zero-order valence-corrected chi connectivity index (χ0v) is 22.2. The smallest absolute Gasteiger partial charge is 0.191 e. The van der Waals surface area contributed by atoms with Gasteiger partial charge in [0, 0.05) is 44.5 Å². The number of hydrogen-bond donors (Lipinski definition) is 2. The molecule has 7 nitrogen and oxygen atoms in total. The molecule has 0 saturated heterocycles. The Morgan fingerprint density at radius 2 is 1.87 bits per heavy atom. The summed E-state index contributed by atoms with van der Waals surface area (Å²) in [5.74, 6) is 0.867. The molecule has 0 saturated carbocycles. The molecule has 2 N–H and O–H groups in total. The fourth-order valence-corrected chi connectivity index (χ4v) is 3.35. The molecule has 0 bridgehead atoms. The molecule has 174 valence electrons. The predicted octanol–water partition coefficient (Wildman–Crippen LogP) is 3.11. The summed E-state index contributed by atoms with van der Waals surface area (Å²) in [6, 6.07) is 11.3. The van der Waals surface area contributed by atoms with Gasteiger partial charge < -0.3 is 15.5 Å². The van der Waals surface area contributed by atoms with Gasteiger partial charge in [-0.3, -0.25) is 14.6 Å². The van der Waals surface area contributed by atoms with Gasteiger partial charge in [-0.25, -0.2) is 0 Å². The third kappa shape index (κ3) is 9.57. The number of aliphatic imine (C=N–C) groups is 1. The minimum atomic E-state index is 0. The average Bonchev–Trinajstić information content (AvgIpc) is 3.14. The van der Waals surface area contributed by atoms with Crippen LogP contribution in [0.3, 0.4) is 0 Å². The number of nitrogens with zero attached hydrogens (tertiary/aromatic N) is 5. The van der Waals surface area contributed by atoms with Crippen molar-refractivity contribution in [3.8, 4) is 0 Å². The molecule has 2 aromatic rings. The van der Waals surface area contributed by atoms with E-state index < -0.39 is 0 Å². The zero-order chi connectivity index (χ0) is 21.9. The summed E-state index contributed by atoms with van der Waals surface area (Å²) in [5, 5.41) is 11.2. The highest BCUT2D eigenvalue weighted by Crippen LogP contribution is 2.17. The molecule has 0 spiro atoms. The Bertz CT molecular complexity index is 760. The molecule has 8 heteroatoms. The SMILES string of the molecule is CCNC(=NCC(c1cnn(C)c1)N(C)C)NCCC(C)N(C)Cc1ccccc1.I. The molecule has 0 aliphatic rings. The molecule has 0 fully saturated rings. The van der Waals surface area contributed by atoms with Crippen molar-refractivity contribution in [1.29, 1.82) is 0 Å². The number of nitrogens with one attached hydrogen (secondary N) is 2. The maximum atomic E-state index is 4.83. The number of aromatic nitrogens is 2. The molecular formula is C23H40IN7. The van der Waals surface area contributed by atoms with E-state index in [0.717, 1.165) is 32.0 Å². The summed E-state index contributed by atoms with van der Waals surface area (Å²) in [6.07, 6.45) is 5.03. The van der Waals surface area contributed by atoms with E-state index in [-0.39, 0.29) is 30.0 Å². The predicted molar refractivity (Wildman–Crippen MR) is 141 cm³/mol. The Morgan fingerprint density at radius 3 is 2.45 bits per heavy atom. The van der Waals surface area contributed by atoms with E-state index in [2.05, 4.69) is 97.1 Å². The molecule has 2 unspecified atom stereocenters. The van der Waals surface area contributed by atoms with Gasteiger partial charge >= 0.3 is 0 Å². The third-order valence-electron chi connectivity index (χ3n) is 5.38. The average molecular weight is 542 g/mol. The van der Waals surface area contributed by atoms with Crippen LogP contribution in [0.25, 0.3) is 0 Å². The van der Waals surface area contributed by atoms with Crippen molar-refractivity contribution >= 4 is 29.9 Å². The van der Waals surface area contributed by atoms with E-state index >= 15 is 0 Å². The number of hydrogen-bond acceptors (Lipinski definition) is 4. The van der Waals surface area contributed by atoms with Crippen molar-refractivity contribution in [2.45, 2.75) is 38.9 Å². The summed E-state index contributed by atoms with van der Waals surface area (Å²) in [4.78, 5) is 9.41. The normalized spacial score (nSPS) is 13.7. The van der Waals surface area contributed by atoms with E-state index in [1.807, 2.05) is 17.9 Å². The Morgan fingerprint density at radius 1 is 1.16 bits per heavy atom. The molecule has 1 aromatic heterocycles. The van der Waals surface area contributed by atoms with Gasteiger partial charge in [-0.1, -0.05) is 30.3 Å². The maximum absolute atomic E-state index is 4.83. The van der Waals surface area contributed by atoms with E-state index in [9.17, 15) is 0 Å². The molecule has 1 aromatic carbocycles. The van der Waals surface area contributed by atoms with Crippen LogP contribution in [0.5, 0.6) is 0 Å². The number of benzene rings is 1. The first kappa shape index (κ1) is 27.4. The van der Waals surface area contributed by atoms with Crippen molar-refractivity contribution in [3.05, 3.63) is 53.9 Å². The van der Waals surface area contributed by atoms with Crippen LogP contribution in [0.2, 0.25) is 0 Å². The summed E-state index contributed by atoms with van der Waals surface area (Å²) in [7, 11) is 8.29. The maximum Gasteiger partial charge on any atom is 0.191 e. The Kier molecular flexibility index (Phi) is 12.7. The van der Waals surface area contributed by atoms with Crippen LogP contribution in [0.1, 0.15) is 37.4 Å². The Labute approximate surface area is 205 Å². The highest BCUT2D eigenvalue weighted by molar-refractivity contribution is 14.0. The van der Waals surface area contributed by atoms with E-state index in [1.54, 1.807) is 0 Å². The monoisotopic (exact) mass is 541 g/mol. The van der Waals surface area contributed by atoms with Gasteiger partial charge in [0.15, 0.2) is 5.96 Å². The van der Waals surface area contributed by atoms with Gasteiger partial charge in [-0.05, 0) is 47.0 Å². The topological polar surface area (TPSA) is 60.7 Å². The summed E-state index contributed by atoms with van der Waals surface area (Å²) < 4.78 is 1.84. The highest BCUT2D eigenvalue weighted by atomic mass is 127. The first-order valence-corrected chi connectivity index (χ1v) is 10.8. The summed E-state index contributed by atoms with van der Waals surface area (Å²) in [6.45, 7) is 7.74. The van der Waals surface area contributed by atoms with Crippen molar-refractivity contribution in [3.63, 3.8) is 0 Å². The largest absolute Gasteiger partial charge is 0.357 e. The van der Waals surface area contributed by atoms with Gasteiger partial charge in [0.05, 0.1) is 18.8 Å². The van der Waals surface area contributed by atoms with Gasteiger partial charge in [0.1, 0.15) is 0 Å². The fraction of sp³-hybridized carbons (Fsp3) is 0.565. The molecule has 2 rings (SSSR count). The molecule has 2 atom stereocenters. The van der Waals surface area contributed by atoms with Crippen molar-refractivity contribution < 1.29 is 0 Å². The standard InChI is InChI=1S/C23H39N7.HI/c1-7-24-23(26-16-22(28(3)4)21-15-27-30(6)18-21)25-14-13-19(2)29(5)17-20-11-9-8-10-12-20;/h8-12,15,18-19,22H,7,13-14,16-17H2,1-6H3,(H2,24,25,26);1H. The van der Waals surface area contributed by atoms with E-state index in [1.165, 1.54) is 11.1 Å². The van der Waals surface area contributed by atoms with Crippen LogP contribution < -0.4 is 10.6 Å². The number of guanidine groups is 1. The molecule has 1 heterocycles. The first-order valence-electron chi connectivity index (χ1n) is 10.8.